The Morgan fingerprint density at radius 1 is 1.43 bits per heavy atom. The van der Waals surface area contributed by atoms with Crippen molar-refractivity contribution >= 4 is 17.6 Å². The Morgan fingerprint density at radius 3 is 3.00 bits per heavy atom. The molecule has 2 atom stereocenters. The maximum absolute atomic E-state index is 13.2. The van der Waals surface area contributed by atoms with Gasteiger partial charge in [-0.2, -0.15) is 0 Å². The monoisotopic (exact) mass is 321 g/mol. The Kier molecular flexibility index (Phi) is 4.47. The molecule has 0 unspecified atom stereocenters. The number of hydrogen-bond donors (Lipinski definition) is 1. The van der Waals surface area contributed by atoms with E-state index in [1.54, 1.807) is 24.1 Å². The van der Waals surface area contributed by atoms with E-state index < -0.39 is 5.82 Å². The second-order valence-electron chi connectivity index (χ2n) is 5.84. The van der Waals surface area contributed by atoms with Crippen LogP contribution in [0.15, 0.2) is 24.3 Å². The maximum atomic E-state index is 13.2. The van der Waals surface area contributed by atoms with Gasteiger partial charge in [0.15, 0.2) is 0 Å². The highest BCUT2D eigenvalue weighted by atomic mass is 19.1. The van der Waals surface area contributed by atoms with Gasteiger partial charge in [0, 0.05) is 32.3 Å². The number of carbonyl (C=O) groups is 2. The van der Waals surface area contributed by atoms with E-state index in [4.69, 9.17) is 4.74 Å². The van der Waals surface area contributed by atoms with Crippen LogP contribution < -0.4 is 5.32 Å². The number of fused-ring (bicyclic) bond motifs is 1. The standard InChI is InChI=1S/C16H20FN3O3/c1-23-8-7-19-13-5-6-20(14(13)10-15(19)21)16(22)18-12-4-2-3-11(17)9-12/h2-4,9,13-14H,5-8,10H2,1H3,(H,18,22)/t13-,14+/m1/s1. The summed E-state index contributed by atoms with van der Waals surface area (Å²) in [7, 11) is 1.60. The zero-order valence-corrected chi connectivity index (χ0v) is 13.0. The number of amides is 3. The number of hydrogen-bond acceptors (Lipinski definition) is 3. The molecule has 1 aromatic carbocycles. The van der Waals surface area contributed by atoms with Gasteiger partial charge in [-0.05, 0) is 24.6 Å². The van der Waals surface area contributed by atoms with E-state index in [2.05, 4.69) is 5.32 Å². The molecule has 23 heavy (non-hydrogen) atoms. The van der Waals surface area contributed by atoms with Crippen molar-refractivity contribution < 1.29 is 18.7 Å². The number of nitrogens with one attached hydrogen (secondary N) is 1. The first-order valence-corrected chi connectivity index (χ1v) is 7.71. The molecule has 0 aliphatic carbocycles. The Labute approximate surface area is 134 Å². The zero-order chi connectivity index (χ0) is 16.4. The molecule has 2 aliphatic rings. The molecule has 2 saturated heterocycles. The van der Waals surface area contributed by atoms with Crippen LogP contribution in [0.4, 0.5) is 14.9 Å². The van der Waals surface area contributed by atoms with Crippen molar-refractivity contribution in [3.63, 3.8) is 0 Å². The van der Waals surface area contributed by atoms with Gasteiger partial charge in [0.2, 0.25) is 5.91 Å². The highest BCUT2D eigenvalue weighted by Crippen LogP contribution is 2.32. The quantitative estimate of drug-likeness (QED) is 0.918. The first-order chi connectivity index (χ1) is 11.1. The van der Waals surface area contributed by atoms with Crippen molar-refractivity contribution in [3.8, 4) is 0 Å². The van der Waals surface area contributed by atoms with Crippen molar-refractivity contribution in [2.24, 2.45) is 0 Å². The molecule has 1 N–H and O–H groups in total. The number of benzene rings is 1. The maximum Gasteiger partial charge on any atom is 0.322 e. The Balaban J connectivity index is 1.66. The molecule has 2 fully saturated rings. The predicted octanol–water partition coefficient (Wildman–Crippen LogP) is 1.68. The fourth-order valence-corrected chi connectivity index (χ4v) is 3.42. The van der Waals surface area contributed by atoms with Crippen molar-refractivity contribution in [2.45, 2.75) is 24.9 Å². The third-order valence-corrected chi connectivity index (χ3v) is 4.49. The van der Waals surface area contributed by atoms with Crippen LogP contribution in [-0.2, 0) is 9.53 Å². The molecule has 6 nitrogen and oxygen atoms in total. The molecule has 0 aromatic heterocycles. The van der Waals surface area contributed by atoms with Gasteiger partial charge < -0.3 is 19.9 Å². The normalized spacial score (nSPS) is 23.3. The van der Waals surface area contributed by atoms with Gasteiger partial charge in [0.1, 0.15) is 5.82 Å². The van der Waals surface area contributed by atoms with Crippen LogP contribution in [0.2, 0.25) is 0 Å². The first kappa shape index (κ1) is 15.7. The van der Waals surface area contributed by atoms with Gasteiger partial charge >= 0.3 is 6.03 Å². The Hall–Kier alpha value is -2.15. The van der Waals surface area contributed by atoms with Crippen LogP contribution in [-0.4, -0.2) is 60.6 Å². The van der Waals surface area contributed by atoms with Gasteiger partial charge in [-0.3, -0.25) is 4.79 Å². The lowest BCUT2D eigenvalue weighted by Crippen LogP contribution is -2.42. The smallest absolute Gasteiger partial charge is 0.322 e. The number of nitrogens with zero attached hydrogens (tertiary/aromatic N) is 2. The fraction of sp³-hybridized carbons (Fsp3) is 0.500. The van der Waals surface area contributed by atoms with E-state index in [-0.39, 0.29) is 24.0 Å². The van der Waals surface area contributed by atoms with Crippen LogP contribution in [0, 0.1) is 5.82 Å². The average Bonchev–Trinajstić information content (AvgIpc) is 3.03. The number of rotatable bonds is 4. The number of urea groups is 1. The first-order valence-electron chi connectivity index (χ1n) is 7.71. The van der Waals surface area contributed by atoms with Gasteiger partial charge in [0.25, 0.3) is 0 Å². The lowest BCUT2D eigenvalue weighted by atomic mass is 10.1. The lowest BCUT2D eigenvalue weighted by molar-refractivity contribution is -0.129. The summed E-state index contributed by atoms with van der Waals surface area (Å²) in [4.78, 5) is 28.1. The number of carbonyl (C=O) groups excluding carboxylic acids is 2. The minimum Gasteiger partial charge on any atom is -0.383 e. The minimum atomic E-state index is -0.399. The summed E-state index contributed by atoms with van der Waals surface area (Å²) < 4.78 is 18.2. The number of anilines is 1. The van der Waals surface area contributed by atoms with Gasteiger partial charge in [-0.15, -0.1) is 0 Å². The van der Waals surface area contributed by atoms with E-state index in [1.807, 2.05) is 4.90 Å². The van der Waals surface area contributed by atoms with Crippen LogP contribution in [0.25, 0.3) is 0 Å². The Bertz CT molecular complexity index is 610. The molecule has 7 heteroatoms. The zero-order valence-electron chi connectivity index (χ0n) is 13.0. The van der Waals surface area contributed by atoms with Crippen molar-refractivity contribution in [2.75, 3.05) is 32.1 Å². The molecule has 2 aliphatic heterocycles. The van der Waals surface area contributed by atoms with E-state index in [0.29, 0.717) is 31.8 Å². The van der Waals surface area contributed by atoms with Crippen LogP contribution >= 0.6 is 0 Å². The van der Waals surface area contributed by atoms with E-state index >= 15 is 0 Å². The number of halogens is 1. The van der Waals surface area contributed by atoms with Gasteiger partial charge in [-0.25, -0.2) is 9.18 Å². The molecular formula is C16H20FN3O3. The number of likely N-dealkylation sites (tertiary alicyclic amines) is 2. The van der Waals surface area contributed by atoms with Gasteiger partial charge in [-0.1, -0.05) is 6.07 Å². The summed E-state index contributed by atoms with van der Waals surface area (Å²) in [5.74, 6) is -0.343. The summed E-state index contributed by atoms with van der Waals surface area (Å²) in [5.41, 5.74) is 0.416. The summed E-state index contributed by atoms with van der Waals surface area (Å²) in [6.07, 6.45) is 1.10. The topological polar surface area (TPSA) is 61.9 Å². The predicted molar refractivity (Wildman–Crippen MR) is 82.5 cm³/mol. The van der Waals surface area contributed by atoms with Crippen LogP contribution in [0.3, 0.4) is 0 Å². The van der Waals surface area contributed by atoms with E-state index in [0.717, 1.165) is 6.42 Å². The Morgan fingerprint density at radius 2 is 2.26 bits per heavy atom. The molecule has 3 rings (SSSR count). The summed E-state index contributed by atoms with van der Waals surface area (Å²) >= 11 is 0. The largest absolute Gasteiger partial charge is 0.383 e. The SMILES string of the molecule is COCCN1C(=O)C[C@H]2[C@H]1CCN2C(=O)Nc1cccc(F)c1. The molecule has 3 amide bonds. The van der Waals surface area contributed by atoms with E-state index in [9.17, 15) is 14.0 Å². The highest BCUT2D eigenvalue weighted by molar-refractivity contribution is 5.91. The average molecular weight is 321 g/mol. The third-order valence-electron chi connectivity index (χ3n) is 4.49. The van der Waals surface area contributed by atoms with Crippen LogP contribution in [0.5, 0.6) is 0 Å². The molecular weight excluding hydrogens is 301 g/mol. The second kappa shape index (κ2) is 6.54. The number of methoxy groups -OCH3 is 1. The molecule has 0 saturated carbocycles. The lowest BCUT2D eigenvalue weighted by Gasteiger charge is -2.25. The number of ether oxygens (including phenoxy) is 1. The highest BCUT2D eigenvalue weighted by Gasteiger charge is 2.48. The van der Waals surface area contributed by atoms with Crippen LogP contribution in [0.1, 0.15) is 12.8 Å². The summed E-state index contributed by atoms with van der Waals surface area (Å²) in [6.45, 7) is 1.63. The fourth-order valence-electron chi connectivity index (χ4n) is 3.42. The molecule has 124 valence electrons. The molecule has 2 heterocycles. The van der Waals surface area contributed by atoms with E-state index in [1.165, 1.54) is 12.1 Å². The summed E-state index contributed by atoms with van der Waals surface area (Å²) in [6, 6.07) is 5.43. The summed E-state index contributed by atoms with van der Waals surface area (Å²) in [5, 5.41) is 2.70. The third kappa shape index (κ3) is 3.14. The second-order valence-corrected chi connectivity index (χ2v) is 5.84. The molecule has 0 radical (unpaired) electrons. The molecule has 1 aromatic rings. The van der Waals surface area contributed by atoms with Crippen molar-refractivity contribution in [1.82, 2.24) is 9.80 Å². The minimum absolute atomic E-state index is 0.0518. The van der Waals surface area contributed by atoms with Gasteiger partial charge in [0.05, 0.1) is 18.7 Å². The molecule has 0 spiro atoms. The molecule has 0 bridgehead atoms. The van der Waals surface area contributed by atoms with Crippen molar-refractivity contribution in [3.05, 3.63) is 30.1 Å². The van der Waals surface area contributed by atoms with Crippen molar-refractivity contribution in [1.29, 1.82) is 0 Å².